The molecule has 0 spiro atoms. The maximum Gasteiger partial charge on any atom is 0.181 e. The Hall–Kier alpha value is -1.07. The minimum atomic E-state index is -0.664. The Morgan fingerprint density at radius 2 is 1.94 bits per heavy atom. The summed E-state index contributed by atoms with van der Waals surface area (Å²) in [5, 5.41) is -0.274. The molecule has 0 saturated heterocycles. The lowest BCUT2D eigenvalue weighted by Crippen LogP contribution is -1.98. The predicted octanol–water partition coefficient (Wildman–Crippen LogP) is 4.15. The van der Waals surface area contributed by atoms with E-state index in [1.807, 2.05) is 0 Å². The minimum absolute atomic E-state index is 0.121. The third-order valence-electron chi connectivity index (χ3n) is 2.15. The van der Waals surface area contributed by atoms with Gasteiger partial charge in [-0.2, -0.15) is 0 Å². The molecule has 0 aliphatic heterocycles. The topological polar surface area (TPSA) is 25.8 Å². The summed E-state index contributed by atoms with van der Waals surface area (Å²) in [7, 11) is 0. The van der Waals surface area contributed by atoms with Crippen LogP contribution >= 0.6 is 27.5 Å². The molecule has 0 saturated carbocycles. The third-order valence-corrected chi connectivity index (χ3v) is 3.09. The zero-order valence-electron chi connectivity index (χ0n) is 8.64. The van der Waals surface area contributed by atoms with Crippen LogP contribution in [0, 0.1) is 18.6 Å². The van der Waals surface area contributed by atoms with Crippen molar-refractivity contribution in [3.63, 3.8) is 0 Å². The monoisotopic (exact) mass is 318 g/mol. The standard InChI is InChI=1S/C11H6BrClF2N2/c1-5-9(15)10(13)17-11(16-5)7-4-6(14)2-3-8(7)12/h2-4H,1H3. The Morgan fingerprint density at radius 1 is 1.24 bits per heavy atom. The summed E-state index contributed by atoms with van der Waals surface area (Å²) in [4.78, 5) is 7.73. The molecule has 17 heavy (non-hydrogen) atoms. The summed E-state index contributed by atoms with van der Waals surface area (Å²) in [5.41, 5.74) is 0.547. The second kappa shape index (κ2) is 4.66. The van der Waals surface area contributed by atoms with Gasteiger partial charge in [0, 0.05) is 10.0 Å². The summed E-state index contributed by atoms with van der Waals surface area (Å²) in [6.45, 7) is 1.47. The van der Waals surface area contributed by atoms with Gasteiger partial charge in [0.1, 0.15) is 5.82 Å². The molecule has 2 rings (SSSR count). The minimum Gasteiger partial charge on any atom is -0.230 e. The molecule has 1 aromatic carbocycles. The van der Waals surface area contributed by atoms with Crippen LogP contribution in [0.25, 0.3) is 11.4 Å². The van der Waals surface area contributed by atoms with Gasteiger partial charge in [-0.1, -0.05) is 27.5 Å². The van der Waals surface area contributed by atoms with E-state index in [2.05, 4.69) is 25.9 Å². The van der Waals surface area contributed by atoms with Gasteiger partial charge in [0.25, 0.3) is 0 Å². The van der Waals surface area contributed by atoms with Crippen LogP contribution in [0.5, 0.6) is 0 Å². The van der Waals surface area contributed by atoms with Gasteiger partial charge >= 0.3 is 0 Å². The number of aromatic nitrogens is 2. The molecule has 88 valence electrons. The van der Waals surface area contributed by atoms with E-state index in [0.29, 0.717) is 10.0 Å². The highest BCUT2D eigenvalue weighted by molar-refractivity contribution is 9.10. The first-order valence-corrected chi connectivity index (χ1v) is 5.81. The van der Waals surface area contributed by atoms with E-state index >= 15 is 0 Å². The van der Waals surface area contributed by atoms with Crippen molar-refractivity contribution in [2.45, 2.75) is 6.92 Å². The Bertz CT molecular complexity index is 567. The quantitative estimate of drug-likeness (QED) is 0.738. The van der Waals surface area contributed by atoms with E-state index in [1.165, 1.54) is 25.1 Å². The average Bonchev–Trinajstić information content (AvgIpc) is 2.28. The van der Waals surface area contributed by atoms with Gasteiger partial charge in [0.05, 0.1) is 5.69 Å². The summed E-state index contributed by atoms with van der Waals surface area (Å²) < 4.78 is 27.0. The summed E-state index contributed by atoms with van der Waals surface area (Å²) in [6.07, 6.45) is 0. The van der Waals surface area contributed by atoms with Crippen molar-refractivity contribution in [3.05, 3.63) is 45.2 Å². The molecular formula is C11H6BrClF2N2. The molecule has 0 bridgehead atoms. The Balaban J connectivity index is 2.64. The van der Waals surface area contributed by atoms with Crippen molar-refractivity contribution in [3.8, 4) is 11.4 Å². The zero-order chi connectivity index (χ0) is 12.6. The molecule has 2 nitrogen and oxygen atoms in total. The summed E-state index contributed by atoms with van der Waals surface area (Å²) in [5.74, 6) is -0.909. The average molecular weight is 320 g/mol. The van der Waals surface area contributed by atoms with Crippen molar-refractivity contribution >= 4 is 27.5 Å². The van der Waals surface area contributed by atoms with Gasteiger partial charge in [0.2, 0.25) is 0 Å². The molecule has 0 atom stereocenters. The zero-order valence-corrected chi connectivity index (χ0v) is 11.0. The molecule has 0 fully saturated rings. The maximum absolute atomic E-state index is 13.3. The van der Waals surface area contributed by atoms with Crippen LogP contribution in [-0.4, -0.2) is 9.97 Å². The second-order valence-electron chi connectivity index (χ2n) is 3.36. The van der Waals surface area contributed by atoms with E-state index in [0.717, 1.165) is 0 Å². The molecule has 0 amide bonds. The smallest absolute Gasteiger partial charge is 0.181 e. The summed E-state index contributed by atoms with van der Waals surface area (Å²) >= 11 is 8.88. The van der Waals surface area contributed by atoms with Gasteiger partial charge in [-0.3, -0.25) is 0 Å². The number of aryl methyl sites for hydroxylation is 1. The molecule has 1 aromatic heterocycles. The van der Waals surface area contributed by atoms with Crippen molar-refractivity contribution < 1.29 is 8.78 Å². The first kappa shape index (κ1) is 12.4. The van der Waals surface area contributed by atoms with Crippen molar-refractivity contribution in [1.29, 1.82) is 0 Å². The maximum atomic E-state index is 13.3. The normalized spacial score (nSPS) is 10.6. The molecule has 0 aliphatic rings. The third kappa shape index (κ3) is 2.45. The highest BCUT2D eigenvalue weighted by atomic mass is 79.9. The van der Waals surface area contributed by atoms with Crippen LogP contribution in [0.3, 0.4) is 0 Å². The lowest BCUT2D eigenvalue weighted by Gasteiger charge is -2.06. The van der Waals surface area contributed by atoms with E-state index < -0.39 is 11.6 Å². The number of hydrogen-bond acceptors (Lipinski definition) is 2. The number of hydrogen-bond donors (Lipinski definition) is 0. The lowest BCUT2D eigenvalue weighted by molar-refractivity contribution is 0.602. The highest BCUT2D eigenvalue weighted by Crippen LogP contribution is 2.28. The van der Waals surface area contributed by atoms with Gasteiger partial charge in [-0.05, 0) is 25.1 Å². The lowest BCUT2D eigenvalue weighted by atomic mass is 10.2. The fourth-order valence-electron chi connectivity index (χ4n) is 1.31. The van der Waals surface area contributed by atoms with E-state index in [4.69, 9.17) is 11.6 Å². The van der Waals surface area contributed by atoms with Gasteiger partial charge in [0.15, 0.2) is 16.8 Å². The Labute approximate surface area is 110 Å². The van der Waals surface area contributed by atoms with E-state index in [9.17, 15) is 8.78 Å². The molecule has 0 radical (unpaired) electrons. The number of benzene rings is 1. The van der Waals surface area contributed by atoms with Gasteiger partial charge in [-0.25, -0.2) is 18.7 Å². The van der Waals surface area contributed by atoms with Crippen LogP contribution in [-0.2, 0) is 0 Å². The Kier molecular flexibility index (Phi) is 3.40. The van der Waals surface area contributed by atoms with Crippen molar-refractivity contribution in [2.75, 3.05) is 0 Å². The van der Waals surface area contributed by atoms with Crippen LogP contribution in [0.15, 0.2) is 22.7 Å². The molecule has 2 aromatic rings. The second-order valence-corrected chi connectivity index (χ2v) is 4.57. The first-order valence-electron chi connectivity index (χ1n) is 4.64. The SMILES string of the molecule is Cc1nc(-c2cc(F)ccc2Br)nc(Cl)c1F. The molecule has 0 unspecified atom stereocenters. The van der Waals surface area contributed by atoms with E-state index in [-0.39, 0.29) is 16.7 Å². The molecule has 0 N–H and O–H groups in total. The van der Waals surface area contributed by atoms with Gasteiger partial charge in [-0.15, -0.1) is 0 Å². The number of nitrogens with zero attached hydrogens (tertiary/aromatic N) is 2. The number of rotatable bonds is 1. The van der Waals surface area contributed by atoms with Crippen LogP contribution in [0.4, 0.5) is 8.78 Å². The van der Waals surface area contributed by atoms with Crippen LogP contribution in [0.2, 0.25) is 5.15 Å². The first-order chi connectivity index (χ1) is 7.99. The van der Waals surface area contributed by atoms with Crippen molar-refractivity contribution in [1.82, 2.24) is 9.97 Å². The molecule has 0 aliphatic carbocycles. The highest BCUT2D eigenvalue weighted by Gasteiger charge is 2.13. The molecular weight excluding hydrogens is 313 g/mol. The Morgan fingerprint density at radius 3 is 2.59 bits per heavy atom. The fourth-order valence-corrected chi connectivity index (χ4v) is 1.95. The number of halogens is 4. The molecule has 1 heterocycles. The fraction of sp³-hybridized carbons (Fsp3) is 0.0909. The van der Waals surface area contributed by atoms with Crippen LogP contribution < -0.4 is 0 Å². The summed E-state index contributed by atoms with van der Waals surface area (Å²) in [6, 6.07) is 4.08. The van der Waals surface area contributed by atoms with Crippen LogP contribution in [0.1, 0.15) is 5.69 Å². The predicted molar refractivity (Wildman–Crippen MR) is 64.8 cm³/mol. The molecule has 6 heteroatoms. The van der Waals surface area contributed by atoms with Crippen molar-refractivity contribution in [2.24, 2.45) is 0 Å². The van der Waals surface area contributed by atoms with Gasteiger partial charge < -0.3 is 0 Å². The largest absolute Gasteiger partial charge is 0.230 e. The van der Waals surface area contributed by atoms with E-state index in [1.54, 1.807) is 0 Å².